The van der Waals surface area contributed by atoms with Crippen LogP contribution in [-0.2, 0) is 19.2 Å². The van der Waals surface area contributed by atoms with Crippen LogP contribution in [0.3, 0.4) is 0 Å². The van der Waals surface area contributed by atoms with Gasteiger partial charge >= 0.3 is 5.97 Å². The Morgan fingerprint density at radius 3 is 1.85 bits per heavy atom. The van der Waals surface area contributed by atoms with Gasteiger partial charge in [-0.15, -0.1) is 0 Å². The highest BCUT2D eigenvalue weighted by Crippen LogP contribution is 2.13. The summed E-state index contributed by atoms with van der Waals surface area (Å²) in [4.78, 5) is 46.9. The van der Waals surface area contributed by atoms with E-state index < -0.39 is 66.9 Å². The zero-order chi connectivity index (χ0) is 20.4. The molecule has 0 spiro atoms. The quantitative estimate of drug-likeness (QED) is 0.0972. The van der Waals surface area contributed by atoms with E-state index in [4.69, 9.17) is 10.6 Å². The first kappa shape index (κ1) is 23.3. The number of Topliss-reactive ketones (excluding diaryl/α,β-unsaturated/α-hetero) is 1. The maximum absolute atomic E-state index is 11.3. The summed E-state index contributed by atoms with van der Waals surface area (Å²) in [6.07, 6.45) is -6.21. The Morgan fingerprint density at radius 2 is 1.46 bits per heavy atom. The van der Waals surface area contributed by atoms with Crippen molar-refractivity contribution in [2.75, 3.05) is 6.54 Å². The zero-order valence-corrected chi connectivity index (χ0v) is 14.1. The lowest BCUT2D eigenvalue weighted by Gasteiger charge is -2.35. The summed E-state index contributed by atoms with van der Waals surface area (Å²) >= 11 is 0. The molecule has 0 aliphatic carbocycles. The van der Waals surface area contributed by atoms with Crippen LogP contribution in [0, 0.1) is 0 Å². The summed E-state index contributed by atoms with van der Waals surface area (Å²) in [6, 6.07) is -3.10. The van der Waals surface area contributed by atoms with Crippen LogP contribution < -0.4 is 10.6 Å². The standard InChI is InChI=1S/C13H21N5O8/c1-5(19)16-10(7(21)3-8(22)13(25)26)12(24)11(17-6(2)20)9(23)4-15-18-14/h7,9-12,21,23-24H,3-4H2,1-2H3,(H,16,19)(H,17,20)(H,25,26). The fourth-order valence-corrected chi connectivity index (χ4v) is 2.15. The van der Waals surface area contributed by atoms with E-state index in [2.05, 4.69) is 20.7 Å². The van der Waals surface area contributed by atoms with Crippen molar-refractivity contribution < 1.29 is 39.6 Å². The van der Waals surface area contributed by atoms with Gasteiger partial charge < -0.3 is 31.1 Å². The molecule has 0 aromatic rings. The third-order valence-corrected chi connectivity index (χ3v) is 3.27. The van der Waals surface area contributed by atoms with Crippen LogP contribution in [0.4, 0.5) is 0 Å². The van der Waals surface area contributed by atoms with Crippen molar-refractivity contribution in [1.82, 2.24) is 10.6 Å². The van der Waals surface area contributed by atoms with Gasteiger partial charge in [0.05, 0.1) is 36.9 Å². The Bertz CT molecular complexity index is 591. The zero-order valence-electron chi connectivity index (χ0n) is 14.1. The van der Waals surface area contributed by atoms with Crippen LogP contribution in [-0.4, -0.2) is 80.9 Å². The van der Waals surface area contributed by atoms with E-state index >= 15 is 0 Å². The number of carbonyl (C=O) groups excluding carboxylic acids is 3. The summed E-state index contributed by atoms with van der Waals surface area (Å²) in [7, 11) is 0. The molecule has 0 saturated carbocycles. The predicted octanol–water partition coefficient (Wildman–Crippen LogP) is -2.57. The van der Waals surface area contributed by atoms with E-state index in [0.29, 0.717) is 0 Å². The third kappa shape index (κ3) is 7.90. The molecule has 13 nitrogen and oxygen atoms in total. The SMILES string of the molecule is CC(=O)NC(C(O)CN=[N+]=[N-])C(O)C(NC(C)=O)C(O)CC(=O)C(=O)O. The molecular formula is C13H21N5O8. The second-order valence-electron chi connectivity index (χ2n) is 5.42. The molecule has 0 rings (SSSR count). The molecule has 0 radical (unpaired) electrons. The van der Waals surface area contributed by atoms with Crippen molar-refractivity contribution in [1.29, 1.82) is 0 Å². The number of carboxylic acids is 1. The number of ketones is 1. The van der Waals surface area contributed by atoms with Gasteiger partial charge in [-0.2, -0.15) is 0 Å². The van der Waals surface area contributed by atoms with Crippen LogP contribution >= 0.6 is 0 Å². The number of aliphatic hydroxyl groups excluding tert-OH is 3. The predicted molar refractivity (Wildman–Crippen MR) is 84.5 cm³/mol. The molecule has 2 amide bonds. The van der Waals surface area contributed by atoms with Gasteiger partial charge in [0.2, 0.25) is 17.6 Å². The van der Waals surface area contributed by atoms with Gasteiger partial charge in [0, 0.05) is 25.2 Å². The van der Waals surface area contributed by atoms with E-state index in [0.717, 1.165) is 13.8 Å². The number of carboxylic acid groups (broad SMARTS) is 1. The number of rotatable bonds is 11. The van der Waals surface area contributed by atoms with E-state index in [1.807, 2.05) is 0 Å². The van der Waals surface area contributed by atoms with Crippen molar-refractivity contribution in [3.63, 3.8) is 0 Å². The molecule has 0 aliphatic rings. The summed E-state index contributed by atoms with van der Waals surface area (Å²) in [5.74, 6) is -4.61. The van der Waals surface area contributed by atoms with Crippen LogP contribution in [0.5, 0.6) is 0 Å². The number of amides is 2. The molecule has 146 valence electrons. The molecule has 0 saturated heterocycles. The van der Waals surface area contributed by atoms with Gasteiger partial charge in [-0.3, -0.25) is 14.4 Å². The van der Waals surface area contributed by atoms with Gasteiger partial charge in [-0.25, -0.2) is 4.79 Å². The topological polar surface area (TPSA) is 222 Å². The number of aliphatic hydroxyl groups is 3. The first-order valence-electron chi connectivity index (χ1n) is 7.36. The highest BCUT2D eigenvalue weighted by atomic mass is 16.4. The largest absolute Gasteiger partial charge is 0.475 e. The number of hydrogen-bond donors (Lipinski definition) is 6. The maximum Gasteiger partial charge on any atom is 0.372 e. The molecule has 5 atom stereocenters. The van der Waals surface area contributed by atoms with E-state index in [1.54, 1.807) is 0 Å². The first-order chi connectivity index (χ1) is 12.0. The average molecular weight is 375 g/mol. The van der Waals surface area contributed by atoms with Gasteiger partial charge in [-0.1, -0.05) is 5.11 Å². The Labute approximate surface area is 147 Å². The second-order valence-corrected chi connectivity index (χ2v) is 5.42. The lowest BCUT2D eigenvalue weighted by Crippen LogP contribution is -2.62. The number of azide groups is 1. The summed E-state index contributed by atoms with van der Waals surface area (Å²) < 4.78 is 0. The Kier molecular flexibility index (Phi) is 9.84. The molecule has 0 heterocycles. The summed E-state index contributed by atoms with van der Waals surface area (Å²) in [6.45, 7) is 1.56. The van der Waals surface area contributed by atoms with Crippen molar-refractivity contribution >= 4 is 23.6 Å². The van der Waals surface area contributed by atoms with E-state index in [-0.39, 0.29) is 0 Å². The van der Waals surface area contributed by atoms with Crippen molar-refractivity contribution in [3.8, 4) is 0 Å². The van der Waals surface area contributed by atoms with Gasteiger partial charge in [0.15, 0.2) is 0 Å². The molecule has 0 aromatic heterocycles. The van der Waals surface area contributed by atoms with Crippen LogP contribution in [0.25, 0.3) is 10.4 Å². The Balaban J connectivity index is 5.58. The van der Waals surface area contributed by atoms with Crippen molar-refractivity contribution in [2.45, 2.75) is 50.7 Å². The molecular weight excluding hydrogens is 354 g/mol. The molecule has 6 N–H and O–H groups in total. The van der Waals surface area contributed by atoms with Crippen LogP contribution in [0.15, 0.2) is 5.11 Å². The highest BCUT2D eigenvalue weighted by Gasteiger charge is 2.38. The molecule has 13 heteroatoms. The average Bonchev–Trinajstić information content (AvgIpc) is 2.54. The second kappa shape index (κ2) is 11.0. The third-order valence-electron chi connectivity index (χ3n) is 3.27. The minimum atomic E-state index is -1.84. The highest BCUT2D eigenvalue weighted by molar-refractivity contribution is 6.32. The first-order valence-corrected chi connectivity index (χ1v) is 7.36. The molecule has 5 unspecified atom stereocenters. The van der Waals surface area contributed by atoms with Crippen LogP contribution in [0.2, 0.25) is 0 Å². The van der Waals surface area contributed by atoms with Crippen molar-refractivity contribution in [2.24, 2.45) is 5.11 Å². The number of hydrogen-bond acceptors (Lipinski definition) is 8. The summed E-state index contributed by atoms with van der Waals surface area (Å²) in [5.41, 5.74) is 8.29. The Morgan fingerprint density at radius 1 is 1.00 bits per heavy atom. The summed E-state index contributed by atoms with van der Waals surface area (Å²) in [5, 5.41) is 46.5. The lowest BCUT2D eigenvalue weighted by molar-refractivity contribution is -0.150. The molecule has 26 heavy (non-hydrogen) atoms. The monoisotopic (exact) mass is 375 g/mol. The van der Waals surface area contributed by atoms with Gasteiger partial charge in [-0.05, 0) is 5.53 Å². The van der Waals surface area contributed by atoms with Gasteiger partial charge in [0.1, 0.15) is 0 Å². The smallest absolute Gasteiger partial charge is 0.372 e. The normalized spacial score (nSPS) is 16.2. The lowest BCUT2D eigenvalue weighted by atomic mass is 9.92. The van der Waals surface area contributed by atoms with E-state index in [1.165, 1.54) is 0 Å². The maximum atomic E-state index is 11.3. The minimum absolute atomic E-state index is 0.546. The molecule has 0 fully saturated rings. The molecule has 0 bridgehead atoms. The fraction of sp³-hybridized carbons (Fsp3) is 0.692. The van der Waals surface area contributed by atoms with Crippen LogP contribution in [0.1, 0.15) is 20.3 Å². The number of nitrogens with zero attached hydrogens (tertiary/aromatic N) is 3. The number of aliphatic carboxylic acids is 1. The van der Waals surface area contributed by atoms with Gasteiger partial charge in [0.25, 0.3) is 0 Å². The molecule has 0 aliphatic heterocycles. The number of carbonyl (C=O) groups is 4. The molecule has 0 aromatic carbocycles. The van der Waals surface area contributed by atoms with Crippen molar-refractivity contribution in [3.05, 3.63) is 10.4 Å². The van der Waals surface area contributed by atoms with E-state index in [9.17, 15) is 34.5 Å². The Hall–Kier alpha value is -2.73. The minimum Gasteiger partial charge on any atom is -0.475 e. The fourth-order valence-electron chi connectivity index (χ4n) is 2.15. The number of nitrogens with one attached hydrogen (secondary N) is 2.